The molecule has 2 N–H and O–H groups in total. The van der Waals surface area contributed by atoms with Crippen molar-refractivity contribution in [2.45, 2.75) is 25.3 Å². The van der Waals surface area contributed by atoms with Gasteiger partial charge in [0, 0.05) is 29.8 Å². The summed E-state index contributed by atoms with van der Waals surface area (Å²) in [6, 6.07) is 7.86. The number of hydrogen-bond acceptors (Lipinski definition) is 2. The van der Waals surface area contributed by atoms with Crippen molar-refractivity contribution < 1.29 is 4.79 Å². The summed E-state index contributed by atoms with van der Waals surface area (Å²) in [6.07, 6.45) is 3.90. The number of benzene rings is 1. The number of likely N-dealkylation sites (tertiary alicyclic amines) is 1. The lowest BCUT2D eigenvalue weighted by Gasteiger charge is -2.15. The summed E-state index contributed by atoms with van der Waals surface area (Å²) in [5.41, 5.74) is 0.723. The first-order valence-electron chi connectivity index (χ1n) is 7.25. The highest BCUT2D eigenvalue weighted by molar-refractivity contribution is 6.30. The van der Waals surface area contributed by atoms with E-state index in [4.69, 9.17) is 11.6 Å². The first kappa shape index (κ1) is 13.7. The van der Waals surface area contributed by atoms with Crippen LogP contribution in [0.3, 0.4) is 0 Å². The van der Waals surface area contributed by atoms with Crippen LogP contribution in [0.1, 0.15) is 19.3 Å². The number of nitrogens with zero attached hydrogens (tertiary/aromatic N) is 1. The zero-order valence-electron chi connectivity index (χ0n) is 11.4. The van der Waals surface area contributed by atoms with Crippen molar-refractivity contribution in [3.05, 3.63) is 29.3 Å². The number of nitrogens with one attached hydrogen (secondary N) is 2. The minimum absolute atomic E-state index is 0.155. The van der Waals surface area contributed by atoms with Gasteiger partial charge in [-0.1, -0.05) is 17.7 Å². The molecular formula is C15H20ClN3O. The standard InChI is InChI=1S/C15H20ClN3O/c16-12-2-1-3-13(8-12)18-15(20)17-9-11-6-7-19(10-11)14-4-5-14/h1-3,8,11,14H,4-7,9-10H2,(H2,17,18,20)/t11-/m1/s1. The van der Waals surface area contributed by atoms with Gasteiger partial charge in [0.05, 0.1) is 0 Å². The zero-order valence-corrected chi connectivity index (χ0v) is 12.2. The maximum Gasteiger partial charge on any atom is 0.319 e. The van der Waals surface area contributed by atoms with E-state index in [0.717, 1.165) is 24.8 Å². The van der Waals surface area contributed by atoms with E-state index < -0.39 is 0 Å². The normalized spacial score (nSPS) is 22.8. The largest absolute Gasteiger partial charge is 0.338 e. The lowest BCUT2D eigenvalue weighted by Crippen LogP contribution is -2.34. The van der Waals surface area contributed by atoms with Gasteiger partial charge in [-0.05, 0) is 49.9 Å². The molecule has 1 saturated heterocycles. The van der Waals surface area contributed by atoms with Crippen LogP contribution in [0.4, 0.5) is 10.5 Å². The van der Waals surface area contributed by atoms with E-state index >= 15 is 0 Å². The first-order chi connectivity index (χ1) is 9.70. The predicted octanol–water partition coefficient (Wildman–Crippen LogP) is 2.95. The van der Waals surface area contributed by atoms with Gasteiger partial charge in [-0.15, -0.1) is 0 Å². The molecule has 1 saturated carbocycles. The summed E-state index contributed by atoms with van der Waals surface area (Å²) >= 11 is 5.88. The van der Waals surface area contributed by atoms with Crippen LogP contribution in [0.5, 0.6) is 0 Å². The summed E-state index contributed by atoms with van der Waals surface area (Å²) in [6.45, 7) is 3.06. The molecule has 2 fully saturated rings. The molecule has 3 rings (SSSR count). The number of carbonyl (C=O) groups is 1. The average Bonchev–Trinajstić information content (AvgIpc) is 3.16. The second-order valence-corrected chi connectivity index (χ2v) is 6.16. The second-order valence-electron chi connectivity index (χ2n) is 5.73. The van der Waals surface area contributed by atoms with Gasteiger partial charge in [0.2, 0.25) is 0 Å². The molecule has 0 spiro atoms. The lowest BCUT2D eigenvalue weighted by atomic mass is 10.1. The van der Waals surface area contributed by atoms with E-state index in [1.54, 1.807) is 12.1 Å². The third kappa shape index (κ3) is 3.64. The Kier molecular flexibility index (Phi) is 4.13. The highest BCUT2D eigenvalue weighted by Crippen LogP contribution is 2.31. The van der Waals surface area contributed by atoms with Gasteiger partial charge in [-0.25, -0.2) is 4.79 Å². The minimum atomic E-state index is -0.155. The van der Waals surface area contributed by atoms with Crippen LogP contribution in [0.2, 0.25) is 5.02 Å². The monoisotopic (exact) mass is 293 g/mol. The van der Waals surface area contributed by atoms with Crippen molar-refractivity contribution in [1.29, 1.82) is 0 Å². The molecular weight excluding hydrogens is 274 g/mol. The van der Waals surface area contributed by atoms with Gasteiger partial charge in [0.1, 0.15) is 0 Å². The summed E-state index contributed by atoms with van der Waals surface area (Å²) in [4.78, 5) is 14.4. The van der Waals surface area contributed by atoms with Crippen molar-refractivity contribution in [3.8, 4) is 0 Å². The van der Waals surface area contributed by atoms with Crippen LogP contribution in [0.15, 0.2) is 24.3 Å². The smallest absolute Gasteiger partial charge is 0.319 e. The number of anilines is 1. The maximum atomic E-state index is 11.8. The van der Waals surface area contributed by atoms with Gasteiger partial charge in [0.15, 0.2) is 0 Å². The minimum Gasteiger partial charge on any atom is -0.338 e. The van der Waals surface area contributed by atoms with E-state index in [2.05, 4.69) is 15.5 Å². The van der Waals surface area contributed by atoms with E-state index in [0.29, 0.717) is 10.9 Å². The van der Waals surface area contributed by atoms with Crippen LogP contribution >= 0.6 is 11.6 Å². The Bertz CT molecular complexity index is 490. The first-order valence-corrected chi connectivity index (χ1v) is 7.63. The van der Waals surface area contributed by atoms with E-state index in [1.807, 2.05) is 12.1 Å². The van der Waals surface area contributed by atoms with E-state index in [-0.39, 0.29) is 6.03 Å². The topological polar surface area (TPSA) is 44.4 Å². The number of halogens is 1. The molecule has 108 valence electrons. The van der Waals surface area contributed by atoms with Crippen LogP contribution in [-0.4, -0.2) is 36.6 Å². The molecule has 1 atom stereocenters. The molecule has 1 aromatic carbocycles. The molecule has 0 aromatic heterocycles. The van der Waals surface area contributed by atoms with Crippen LogP contribution < -0.4 is 10.6 Å². The number of hydrogen-bond donors (Lipinski definition) is 2. The molecule has 0 bridgehead atoms. The number of carbonyl (C=O) groups excluding carboxylic acids is 1. The summed E-state index contributed by atoms with van der Waals surface area (Å²) in [7, 11) is 0. The van der Waals surface area contributed by atoms with Crippen molar-refractivity contribution >= 4 is 23.3 Å². The molecule has 0 unspecified atom stereocenters. The lowest BCUT2D eigenvalue weighted by molar-refractivity contribution is 0.249. The van der Waals surface area contributed by atoms with E-state index in [1.165, 1.54) is 25.8 Å². The summed E-state index contributed by atoms with van der Waals surface area (Å²) in [5, 5.41) is 6.38. The van der Waals surface area contributed by atoms with Gasteiger partial charge < -0.3 is 15.5 Å². The third-order valence-electron chi connectivity index (χ3n) is 4.01. The van der Waals surface area contributed by atoms with Gasteiger partial charge in [0.25, 0.3) is 0 Å². The van der Waals surface area contributed by atoms with Crippen molar-refractivity contribution in [1.82, 2.24) is 10.2 Å². The fraction of sp³-hybridized carbons (Fsp3) is 0.533. The average molecular weight is 294 g/mol. The molecule has 2 amide bonds. The predicted molar refractivity (Wildman–Crippen MR) is 81.2 cm³/mol. The number of rotatable bonds is 4. The van der Waals surface area contributed by atoms with E-state index in [9.17, 15) is 4.79 Å². The Morgan fingerprint density at radius 3 is 2.95 bits per heavy atom. The summed E-state index contributed by atoms with van der Waals surface area (Å²) in [5.74, 6) is 0.584. The Morgan fingerprint density at radius 2 is 2.20 bits per heavy atom. The van der Waals surface area contributed by atoms with Crippen LogP contribution in [-0.2, 0) is 0 Å². The zero-order chi connectivity index (χ0) is 13.9. The van der Waals surface area contributed by atoms with Gasteiger partial charge in [-0.2, -0.15) is 0 Å². The van der Waals surface area contributed by atoms with Crippen molar-refractivity contribution in [3.63, 3.8) is 0 Å². The molecule has 2 aliphatic rings. The number of amides is 2. The molecule has 1 aliphatic carbocycles. The Hall–Kier alpha value is -1.26. The molecule has 20 heavy (non-hydrogen) atoms. The van der Waals surface area contributed by atoms with Crippen LogP contribution in [0.25, 0.3) is 0 Å². The second kappa shape index (κ2) is 6.02. The summed E-state index contributed by atoms with van der Waals surface area (Å²) < 4.78 is 0. The molecule has 1 heterocycles. The van der Waals surface area contributed by atoms with Crippen LogP contribution in [0, 0.1) is 5.92 Å². The Labute approximate surface area is 124 Å². The molecule has 5 heteroatoms. The molecule has 4 nitrogen and oxygen atoms in total. The van der Waals surface area contributed by atoms with Gasteiger partial charge >= 0.3 is 6.03 Å². The molecule has 0 radical (unpaired) electrons. The highest BCUT2D eigenvalue weighted by Gasteiger charge is 2.34. The third-order valence-corrected chi connectivity index (χ3v) is 4.25. The SMILES string of the molecule is O=C(NC[C@H]1CCN(C2CC2)C1)Nc1cccc(Cl)c1. The molecule has 1 aliphatic heterocycles. The highest BCUT2D eigenvalue weighted by atomic mass is 35.5. The Balaban J connectivity index is 1.41. The quantitative estimate of drug-likeness (QED) is 0.896. The Morgan fingerprint density at radius 1 is 1.35 bits per heavy atom. The number of urea groups is 1. The molecule has 1 aromatic rings. The van der Waals surface area contributed by atoms with Crippen molar-refractivity contribution in [2.75, 3.05) is 25.0 Å². The fourth-order valence-electron chi connectivity index (χ4n) is 2.78. The fourth-order valence-corrected chi connectivity index (χ4v) is 2.97. The maximum absolute atomic E-state index is 11.8. The van der Waals surface area contributed by atoms with Crippen molar-refractivity contribution in [2.24, 2.45) is 5.92 Å². The van der Waals surface area contributed by atoms with Gasteiger partial charge in [-0.3, -0.25) is 0 Å².